The van der Waals surface area contributed by atoms with Crippen molar-refractivity contribution in [2.45, 2.75) is 86.1 Å². The maximum atomic E-state index is 14.3. The number of aliphatic hydroxyl groups is 1. The fraction of sp³-hybridized carbons (Fsp3) is 0.594. The number of para-hydroxylation sites is 1. The first-order valence-corrected chi connectivity index (χ1v) is 15.1. The minimum absolute atomic E-state index is 0.139. The van der Waals surface area contributed by atoms with Crippen molar-refractivity contribution >= 4 is 11.6 Å². The number of benzene rings is 2. The van der Waals surface area contributed by atoms with Gasteiger partial charge in [0.15, 0.2) is 11.5 Å². The number of amides is 1. The molecule has 204 valence electrons. The monoisotopic (exact) mass is 527 g/mol. The van der Waals surface area contributed by atoms with Gasteiger partial charge in [-0.25, -0.2) is 0 Å². The Kier molecular flexibility index (Phi) is 4.49. The lowest BCUT2D eigenvalue weighted by atomic mass is 9.40. The molecular formula is C32H37N3O4. The number of piperidine rings is 3. The van der Waals surface area contributed by atoms with Crippen LogP contribution in [0.2, 0.25) is 0 Å². The zero-order chi connectivity index (χ0) is 26.1. The second-order valence-corrected chi connectivity index (χ2v) is 13.6. The van der Waals surface area contributed by atoms with E-state index in [0.29, 0.717) is 18.1 Å². The number of nitrogens with one attached hydrogen (secondary N) is 1. The largest absolute Gasteiger partial charge is 0.504 e. The van der Waals surface area contributed by atoms with Crippen LogP contribution in [-0.2, 0) is 16.6 Å². The van der Waals surface area contributed by atoms with Gasteiger partial charge >= 0.3 is 0 Å². The molecule has 10 rings (SSSR count). The lowest BCUT2D eigenvalue weighted by molar-refractivity contribution is -0.286. The van der Waals surface area contributed by atoms with Crippen molar-refractivity contribution in [2.75, 3.05) is 25.0 Å². The molecule has 4 heterocycles. The highest BCUT2D eigenvalue weighted by molar-refractivity contribution is 5.96. The summed E-state index contributed by atoms with van der Waals surface area (Å²) >= 11 is 0. The van der Waals surface area contributed by atoms with E-state index in [0.717, 1.165) is 56.1 Å². The number of nitrogens with zero attached hydrogens (tertiary/aromatic N) is 2. The van der Waals surface area contributed by atoms with Gasteiger partial charge in [-0.1, -0.05) is 24.3 Å². The topological polar surface area (TPSA) is 85.3 Å². The SMILES string of the molecule is O=C(Nc1ccccc1)[C@@H]1N(CC2CC2)[C@@]23CC[C@]1(O)[C@@H]1Oc4c(O)ccc5c4[C@@]12CCN(CC1CC1)[C@@H]3C5. The van der Waals surface area contributed by atoms with Crippen LogP contribution in [0, 0.1) is 11.8 Å². The highest BCUT2D eigenvalue weighted by Gasteiger charge is 2.83. The van der Waals surface area contributed by atoms with Gasteiger partial charge in [0.25, 0.3) is 0 Å². The summed E-state index contributed by atoms with van der Waals surface area (Å²) in [5, 5.41) is 27.0. The van der Waals surface area contributed by atoms with Crippen LogP contribution in [0.15, 0.2) is 42.5 Å². The van der Waals surface area contributed by atoms with Crippen LogP contribution in [0.4, 0.5) is 5.69 Å². The number of ether oxygens (including phenoxy) is 1. The predicted octanol–water partition coefficient (Wildman–Crippen LogP) is 3.43. The van der Waals surface area contributed by atoms with Gasteiger partial charge < -0.3 is 20.3 Å². The minimum Gasteiger partial charge on any atom is -0.504 e. The molecule has 4 aliphatic heterocycles. The van der Waals surface area contributed by atoms with Crippen LogP contribution in [0.1, 0.15) is 56.1 Å². The fourth-order valence-corrected chi connectivity index (χ4v) is 9.85. The summed E-state index contributed by atoms with van der Waals surface area (Å²) in [4.78, 5) is 19.6. The summed E-state index contributed by atoms with van der Waals surface area (Å²) in [7, 11) is 0. The molecule has 7 nitrogen and oxygen atoms in total. The number of phenolic OH excluding ortho intramolecular Hbond substituents is 1. The van der Waals surface area contributed by atoms with Gasteiger partial charge in [-0.05, 0) is 93.5 Å². The molecule has 4 bridgehead atoms. The van der Waals surface area contributed by atoms with Gasteiger partial charge in [0.05, 0.1) is 11.0 Å². The van der Waals surface area contributed by atoms with E-state index in [1.807, 2.05) is 30.3 Å². The summed E-state index contributed by atoms with van der Waals surface area (Å²) in [6.07, 6.45) is 7.63. The van der Waals surface area contributed by atoms with Crippen LogP contribution >= 0.6 is 0 Å². The molecule has 2 aromatic carbocycles. The molecule has 4 aliphatic carbocycles. The second-order valence-electron chi connectivity index (χ2n) is 13.6. The van der Waals surface area contributed by atoms with Crippen LogP contribution in [0.5, 0.6) is 11.5 Å². The molecule has 3 N–H and O–H groups in total. The van der Waals surface area contributed by atoms with Crippen molar-refractivity contribution in [3.05, 3.63) is 53.6 Å². The minimum atomic E-state index is -1.35. The highest BCUT2D eigenvalue weighted by atomic mass is 16.5. The Morgan fingerprint density at radius 2 is 1.77 bits per heavy atom. The van der Waals surface area contributed by atoms with Crippen LogP contribution in [0.3, 0.4) is 0 Å². The van der Waals surface area contributed by atoms with Crippen LogP contribution < -0.4 is 10.1 Å². The summed E-state index contributed by atoms with van der Waals surface area (Å²) in [5.74, 6) is 1.93. The summed E-state index contributed by atoms with van der Waals surface area (Å²) in [6, 6.07) is 13.0. The number of likely N-dealkylation sites (tertiary alicyclic amines) is 1. The Bertz CT molecular complexity index is 1370. The highest BCUT2D eigenvalue weighted by Crippen LogP contribution is 2.72. The third-order valence-corrected chi connectivity index (χ3v) is 11.6. The van der Waals surface area contributed by atoms with E-state index < -0.39 is 23.2 Å². The molecule has 0 unspecified atom stereocenters. The Morgan fingerprint density at radius 3 is 2.54 bits per heavy atom. The lowest BCUT2D eigenvalue weighted by Crippen LogP contribution is -2.92. The first-order valence-electron chi connectivity index (χ1n) is 15.1. The Labute approximate surface area is 229 Å². The average Bonchev–Trinajstić information content (AvgIpc) is 3.86. The number of carbonyl (C=O) groups is 1. The lowest BCUT2D eigenvalue weighted by Gasteiger charge is -2.76. The Balaban J connectivity index is 1.25. The van der Waals surface area contributed by atoms with E-state index in [9.17, 15) is 15.0 Å². The van der Waals surface area contributed by atoms with Gasteiger partial charge in [-0.2, -0.15) is 0 Å². The van der Waals surface area contributed by atoms with Crippen LogP contribution in [-0.4, -0.2) is 74.9 Å². The molecular weight excluding hydrogens is 490 g/mol. The number of fused-ring (bicyclic) bond motifs is 2. The second kappa shape index (κ2) is 7.56. The van der Waals surface area contributed by atoms with Gasteiger partial charge in [0.2, 0.25) is 5.91 Å². The summed E-state index contributed by atoms with van der Waals surface area (Å²) < 4.78 is 6.74. The van der Waals surface area contributed by atoms with E-state index in [-0.39, 0.29) is 23.2 Å². The fourth-order valence-electron chi connectivity index (χ4n) is 9.85. The van der Waals surface area contributed by atoms with Crippen molar-refractivity contribution < 1.29 is 19.7 Å². The summed E-state index contributed by atoms with van der Waals surface area (Å²) in [6.45, 7) is 2.93. The number of rotatable bonds is 6. The molecule has 1 amide bonds. The zero-order valence-electron chi connectivity index (χ0n) is 22.3. The van der Waals surface area contributed by atoms with E-state index >= 15 is 0 Å². The molecule has 2 spiro atoms. The number of hydrogen-bond acceptors (Lipinski definition) is 6. The van der Waals surface area contributed by atoms with E-state index in [1.165, 1.54) is 31.2 Å². The molecule has 6 atom stereocenters. The molecule has 0 aromatic heterocycles. The normalized spacial score (nSPS) is 39.8. The number of hydrogen-bond donors (Lipinski definition) is 3. The molecule has 3 saturated carbocycles. The molecule has 3 saturated heterocycles. The smallest absolute Gasteiger partial charge is 0.244 e. The zero-order valence-corrected chi connectivity index (χ0v) is 22.3. The average molecular weight is 528 g/mol. The maximum absolute atomic E-state index is 14.3. The van der Waals surface area contributed by atoms with E-state index in [4.69, 9.17) is 4.74 Å². The predicted molar refractivity (Wildman–Crippen MR) is 146 cm³/mol. The molecule has 8 aliphatic rings. The molecule has 39 heavy (non-hydrogen) atoms. The standard InChI is InChI=1S/C32H37N3O4/c36-23-11-10-21-16-24-32-13-12-31(38,27(35(32)18-20-8-9-20)28(37)33-22-4-2-1-3-5-22)29-30(32,25(21)26(23)39-29)14-15-34(24)17-19-6-7-19/h1-5,10-11,19-20,24,27,29,36,38H,6-9,12-18H2,(H,33,37)/t24-,27+,29-,30+,31-,32-/m1/s1. The maximum Gasteiger partial charge on any atom is 0.244 e. The third-order valence-electron chi connectivity index (χ3n) is 11.6. The van der Waals surface area contributed by atoms with Gasteiger partial charge in [-0.3, -0.25) is 14.6 Å². The first kappa shape index (κ1) is 23.1. The van der Waals surface area contributed by atoms with Crippen molar-refractivity contribution in [1.29, 1.82) is 0 Å². The van der Waals surface area contributed by atoms with Crippen molar-refractivity contribution in [3.63, 3.8) is 0 Å². The quantitative estimate of drug-likeness (QED) is 0.534. The van der Waals surface area contributed by atoms with Gasteiger partial charge in [-0.15, -0.1) is 0 Å². The molecule has 2 aromatic rings. The van der Waals surface area contributed by atoms with E-state index in [2.05, 4.69) is 21.2 Å². The first-order chi connectivity index (χ1) is 19.0. The summed E-state index contributed by atoms with van der Waals surface area (Å²) in [5.41, 5.74) is 1.05. The molecule has 6 fully saturated rings. The van der Waals surface area contributed by atoms with Gasteiger partial charge in [0.1, 0.15) is 17.7 Å². The Hall–Kier alpha value is -2.61. The number of anilines is 1. The Morgan fingerprint density at radius 1 is 1.00 bits per heavy atom. The molecule has 0 radical (unpaired) electrons. The van der Waals surface area contributed by atoms with E-state index in [1.54, 1.807) is 6.07 Å². The van der Waals surface area contributed by atoms with Crippen molar-refractivity contribution in [2.24, 2.45) is 11.8 Å². The molecule has 7 heteroatoms. The third kappa shape index (κ3) is 2.82. The number of carbonyl (C=O) groups excluding carboxylic acids is 1. The number of aromatic hydroxyl groups is 1. The van der Waals surface area contributed by atoms with Gasteiger partial charge in [0, 0.05) is 30.4 Å². The van der Waals surface area contributed by atoms with Crippen LogP contribution in [0.25, 0.3) is 0 Å². The number of phenols is 1. The van der Waals surface area contributed by atoms with Crippen molar-refractivity contribution in [1.82, 2.24) is 9.80 Å². The van der Waals surface area contributed by atoms with Crippen molar-refractivity contribution in [3.8, 4) is 11.5 Å².